The minimum Gasteiger partial charge on any atom is -0.497 e. The van der Waals surface area contributed by atoms with E-state index in [2.05, 4.69) is 10.3 Å². The fraction of sp³-hybridized carbons (Fsp3) is 0.200. The monoisotopic (exact) mass is 383 g/mol. The Hall–Kier alpha value is -2.90. The van der Waals surface area contributed by atoms with Crippen molar-refractivity contribution in [1.82, 2.24) is 4.98 Å². The van der Waals surface area contributed by atoms with E-state index in [1.165, 1.54) is 11.3 Å². The molecule has 7 heteroatoms. The number of carbonyl (C=O) groups excluding carboxylic acids is 1. The number of hydrogen-bond donors (Lipinski definition) is 2. The number of hydrogen-bond acceptors (Lipinski definition) is 6. The molecule has 1 atom stereocenters. The van der Waals surface area contributed by atoms with Crippen molar-refractivity contribution in [3.63, 3.8) is 0 Å². The Labute approximate surface area is 162 Å². The van der Waals surface area contributed by atoms with E-state index in [0.717, 1.165) is 17.0 Å². The van der Waals surface area contributed by atoms with Crippen molar-refractivity contribution in [1.29, 1.82) is 0 Å². The van der Waals surface area contributed by atoms with Gasteiger partial charge in [-0.25, -0.2) is 4.98 Å². The Morgan fingerprint density at radius 3 is 2.26 bits per heavy atom. The molecule has 3 N–H and O–H groups in total. The summed E-state index contributed by atoms with van der Waals surface area (Å²) in [5.41, 5.74) is 8.66. The molecule has 140 valence electrons. The first-order chi connectivity index (χ1) is 13.1. The van der Waals surface area contributed by atoms with Crippen LogP contribution in [0.1, 0.15) is 27.7 Å². The lowest BCUT2D eigenvalue weighted by atomic mass is 10.0. The summed E-state index contributed by atoms with van der Waals surface area (Å²) in [5, 5.41) is 5.20. The van der Waals surface area contributed by atoms with Crippen LogP contribution in [0.3, 0.4) is 0 Å². The molecule has 0 saturated heterocycles. The number of nitrogens with one attached hydrogen (secondary N) is 1. The van der Waals surface area contributed by atoms with Crippen molar-refractivity contribution in [3.8, 4) is 11.5 Å². The largest absolute Gasteiger partial charge is 0.497 e. The number of methoxy groups -OCH3 is 2. The molecule has 0 radical (unpaired) electrons. The summed E-state index contributed by atoms with van der Waals surface area (Å²) in [6.07, 6.45) is 0.652. The third-order valence-corrected chi connectivity index (χ3v) is 4.87. The van der Waals surface area contributed by atoms with Crippen LogP contribution in [-0.4, -0.2) is 25.1 Å². The van der Waals surface area contributed by atoms with Gasteiger partial charge in [0.2, 0.25) is 0 Å². The fourth-order valence-corrected chi connectivity index (χ4v) is 3.32. The van der Waals surface area contributed by atoms with Gasteiger partial charge in [-0.3, -0.25) is 10.1 Å². The number of thiazole rings is 1. The molecule has 6 nitrogen and oxygen atoms in total. The molecule has 1 heterocycles. The van der Waals surface area contributed by atoms with Crippen LogP contribution in [0.4, 0.5) is 5.13 Å². The average molecular weight is 383 g/mol. The summed E-state index contributed by atoms with van der Waals surface area (Å²) in [6.45, 7) is 0. The van der Waals surface area contributed by atoms with Gasteiger partial charge < -0.3 is 15.2 Å². The first kappa shape index (κ1) is 18.9. The Morgan fingerprint density at radius 1 is 1.07 bits per heavy atom. The summed E-state index contributed by atoms with van der Waals surface area (Å²) < 4.78 is 10.3. The van der Waals surface area contributed by atoms with Gasteiger partial charge >= 0.3 is 0 Å². The predicted molar refractivity (Wildman–Crippen MR) is 107 cm³/mol. The van der Waals surface area contributed by atoms with Crippen LogP contribution in [-0.2, 0) is 6.42 Å². The van der Waals surface area contributed by atoms with Crippen LogP contribution in [0.25, 0.3) is 0 Å². The molecule has 3 aromatic rings. The first-order valence-electron chi connectivity index (χ1n) is 8.38. The van der Waals surface area contributed by atoms with Gasteiger partial charge in [0.1, 0.15) is 11.5 Å². The van der Waals surface area contributed by atoms with E-state index in [0.29, 0.717) is 22.9 Å². The number of benzene rings is 2. The molecule has 1 aromatic heterocycles. The lowest BCUT2D eigenvalue weighted by Crippen LogP contribution is -2.15. The van der Waals surface area contributed by atoms with Crippen LogP contribution in [0.15, 0.2) is 53.9 Å². The standard InChI is InChI=1S/C20H21N3O3S/c1-25-15-7-3-13(4-8-15)11-17(21)18-12-27-20(22-18)23-19(24)14-5-9-16(26-2)10-6-14/h3-10,12,17H,11,21H2,1-2H3,(H,22,23,24). The molecule has 0 bridgehead atoms. The molecule has 2 aromatic carbocycles. The van der Waals surface area contributed by atoms with E-state index in [4.69, 9.17) is 15.2 Å². The highest BCUT2D eigenvalue weighted by atomic mass is 32.1. The van der Waals surface area contributed by atoms with E-state index in [-0.39, 0.29) is 11.9 Å². The number of aromatic nitrogens is 1. The molecule has 1 amide bonds. The molecule has 0 aliphatic rings. The van der Waals surface area contributed by atoms with Gasteiger partial charge in [0.05, 0.1) is 26.0 Å². The SMILES string of the molecule is COc1ccc(CC(N)c2csc(NC(=O)c3ccc(OC)cc3)n2)cc1. The predicted octanol–water partition coefficient (Wildman–Crippen LogP) is 3.66. The fourth-order valence-electron chi connectivity index (χ4n) is 2.55. The van der Waals surface area contributed by atoms with E-state index < -0.39 is 0 Å². The quantitative estimate of drug-likeness (QED) is 0.650. The summed E-state index contributed by atoms with van der Waals surface area (Å²) >= 11 is 1.36. The van der Waals surface area contributed by atoms with Crippen molar-refractivity contribution >= 4 is 22.4 Å². The lowest BCUT2D eigenvalue weighted by Gasteiger charge is -2.09. The zero-order chi connectivity index (χ0) is 19.2. The summed E-state index contributed by atoms with van der Waals surface area (Å²) in [5.74, 6) is 1.29. The maximum absolute atomic E-state index is 12.3. The second-order valence-corrected chi connectivity index (χ2v) is 6.78. The van der Waals surface area contributed by atoms with Gasteiger partial charge in [-0.2, -0.15) is 0 Å². The highest BCUT2D eigenvalue weighted by Crippen LogP contribution is 2.23. The van der Waals surface area contributed by atoms with E-state index >= 15 is 0 Å². The van der Waals surface area contributed by atoms with E-state index in [1.807, 2.05) is 29.6 Å². The zero-order valence-electron chi connectivity index (χ0n) is 15.1. The number of ether oxygens (including phenoxy) is 2. The van der Waals surface area contributed by atoms with Crippen LogP contribution in [0, 0.1) is 0 Å². The van der Waals surface area contributed by atoms with Gasteiger partial charge in [0, 0.05) is 10.9 Å². The highest BCUT2D eigenvalue weighted by molar-refractivity contribution is 7.14. The minimum atomic E-state index is -0.249. The van der Waals surface area contributed by atoms with Gasteiger partial charge in [-0.15, -0.1) is 11.3 Å². The number of anilines is 1. The lowest BCUT2D eigenvalue weighted by molar-refractivity contribution is 0.102. The van der Waals surface area contributed by atoms with Crippen LogP contribution < -0.4 is 20.5 Å². The average Bonchev–Trinajstić information content (AvgIpc) is 3.17. The molecular weight excluding hydrogens is 362 g/mol. The van der Waals surface area contributed by atoms with E-state index in [9.17, 15) is 4.79 Å². The van der Waals surface area contributed by atoms with Crippen molar-refractivity contribution in [3.05, 3.63) is 70.7 Å². The minimum absolute atomic E-state index is 0.220. The maximum Gasteiger partial charge on any atom is 0.257 e. The molecule has 0 saturated carbocycles. The number of nitrogens with zero attached hydrogens (tertiary/aromatic N) is 1. The maximum atomic E-state index is 12.3. The number of amides is 1. The van der Waals surface area contributed by atoms with Crippen LogP contribution >= 0.6 is 11.3 Å². The summed E-state index contributed by atoms with van der Waals surface area (Å²) in [6, 6.07) is 14.4. The summed E-state index contributed by atoms with van der Waals surface area (Å²) in [4.78, 5) is 16.8. The normalized spacial score (nSPS) is 11.7. The Balaban J connectivity index is 1.61. The Kier molecular flexibility index (Phi) is 6.05. The Morgan fingerprint density at radius 2 is 1.67 bits per heavy atom. The second kappa shape index (κ2) is 8.66. The molecule has 0 aliphatic heterocycles. The van der Waals surface area contributed by atoms with Gasteiger partial charge in [-0.1, -0.05) is 12.1 Å². The summed E-state index contributed by atoms with van der Waals surface area (Å²) in [7, 11) is 3.22. The Bertz CT molecular complexity index is 892. The van der Waals surface area contributed by atoms with E-state index in [1.54, 1.807) is 38.5 Å². The van der Waals surface area contributed by atoms with Crippen molar-refractivity contribution in [2.75, 3.05) is 19.5 Å². The molecule has 27 heavy (non-hydrogen) atoms. The number of carbonyl (C=O) groups is 1. The topological polar surface area (TPSA) is 86.5 Å². The van der Waals surface area contributed by atoms with Crippen molar-refractivity contribution < 1.29 is 14.3 Å². The molecule has 0 aliphatic carbocycles. The van der Waals surface area contributed by atoms with Crippen molar-refractivity contribution in [2.24, 2.45) is 5.73 Å². The molecule has 0 fully saturated rings. The smallest absolute Gasteiger partial charge is 0.257 e. The third-order valence-electron chi connectivity index (χ3n) is 4.09. The third kappa shape index (κ3) is 4.84. The molecule has 1 unspecified atom stereocenters. The molecule has 3 rings (SSSR count). The number of rotatable bonds is 7. The van der Waals surface area contributed by atoms with Crippen LogP contribution in [0.2, 0.25) is 0 Å². The number of nitrogens with two attached hydrogens (primary N) is 1. The van der Waals surface area contributed by atoms with Gasteiger partial charge in [-0.05, 0) is 48.4 Å². The van der Waals surface area contributed by atoms with Gasteiger partial charge in [0.15, 0.2) is 5.13 Å². The molecular formula is C20H21N3O3S. The highest BCUT2D eigenvalue weighted by Gasteiger charge is 2.14. The zero-order valence-corrected chi connectivity index (χ0v) is 16.0. The van der Waals surface area contributed by atoms with Gasteiger partial charge in [0.25, 0.3) is 5.91 Å². The van der Waals surface area contributed by atoms with Crippen molar-refractivity contribution in [2.45, 2.75) is 12.5 Å². The second-order valence-electron chi connectivity index (χ2n) is 5.92. The van der Waals surface area contributed by atoms with Crippen LogP contribution in [0.5, 0.6) is 11.5 Å². The first-order valence-corrected chi connectivity index (χ1v) is 9.26. The molecule has 0 spiro atoms.